The van der Waals surface area contributed by atoms with E-state index >= 15 is 0 Å². The molecular weight excluding hydrogens is 306 g/mol. The van der Waals surface area contributed by atoms with Crippen molar-refractivity contribution in [1.29, 1.82) is 0 Å². The number of rotatable bonds is 6. The SMILES string of the molecule is Cc1ccc(CN2C(=O)CCC2C(=O)OCCn2cccn2)cc1. The monoisotopic (exact) mass is 327 g/mol. The van der Waals surface area contributed by atoms with Gasteiger partial charge in [0.1, 0.15) is 12.6 Å². The lowest BCUT2D eigenvalue weighted by atomic mass is 10.1. The lowest BCUT2D eigenvalue weighted by Crippen LogP contribution is -2.39. The first-order chi connectivity index (χ1) is 11.6. The maximum atomic E-state index is 12.3. The van der Waals surface area contributed by atoms with Gasteiger partial charge in [-0.2, -0.15) is 5.10 Å². The van der Waals surface area contributed by atoms with Gasteiger partial charge < -0.3 is 9.64 Å². The number of carbonyl (C=O) groups excluding carboxylic acids is 2. The Morgan fingerprint density at radius 2 is 2.12 bits per heavy atom. The van der Waals surface area contributed by atoms with Crippen molar-refractivity contribution in [2.75, 3.05) is 6.61 Å². The minimum absolute atomic E-state index is 0.00426. The average Bonchev–Trinajstić information content (AvgIpc) is 3.20. The third kappa shape index (κ3) is 3.82. The van der Waals surface area contributed by atoms with Crippen molar-refractivity contribution in [3.63, 3.8) is 0 Å². The fourth-order valence-electron chi connectivity index (χ4n) is 2.84. The summed E-state index contributed by atoms with van der Waals surface area (Å²) in [5.41, 5.74) is 2.19. The Kier molecular flexibility index (Phi) is 4.93. The molecule has 0 radical (unpaired) electrons. The second kappa shape index (κ2) is 7.29. The van der Waals surface area contributed by atoms with Gasteiger partial charge in [-0.25, -0.2) is 4.79 Å². The summed E-state index contributed by atoms with van der Waals surface area (Å²) < 4.78 is 7.05. The van der Waals surface area contributed by atoms with Crippen molar-refractivity contribution in [2.45, 2.75) is 38.9 Å². The molecule has 0 aliphatic carbocycles. The molecule has 1 amide bonds. The molecule has 6 heteroatoms. The summed E-state index contributed by atoms with van der Waals surface area (Å²) in [5.74, 6) is -0.329. The minimum Gasteiger partial charge on any atom is -0.462 e. The topological polar surface area (TPSA) is 64.4 Å². The van der Waals surface area contributed by atoms with Crippen LogP contribution in [0.1, 0.15) is 24.0 Å². The van der Waals surface area contributed by atoms with Gasteiger partial charge in [0.2, 0.25) is 5.91 Å². The van der Waals surface area contributed by atoms with E-state index in [1.807, 2.05) is 43.5 Å². The zero-order chi connectivity index (χ0) is 16.9. The van der Waals surface area contributed by atoms with E-state index in [0.717, 1.165) is 5.56 Å². The number of esters is 1. The van der Waals surface area contributed by atoms with E-state index in [-0.39, 0.29) is 18.5 Å². The van der Waals surface area contributed by atoms with Crippen molar-refractivity contribution < 1.29 is 14.3 Å². The Morgan fingerprint density at radius 3 is 2.83 bits per heavy atom. The van der Waals surface area contributed by atoms with Crippen LogP contribution < -0.4 is 0 Å². The summed E-state index contributed by atoms with van der Waals surface area (Å²) in [7, 11) is 0. The number of carbonyl (C=O) groups is 2. The van der Waals surface area contributed by atoms with E-state index in [4.69, 9.17) is 4.74 Å². The van der Waals surface area contributed by atoms with Crippen molar-refractivity contribution in [2.24, 2.45) is 0 Å². The molecule has 0 bridgehead atoms. The largest absolute Gasteiger partial charge is 0.462 e. The summed E-state index contributed by atoms with van der Waals surface area (Å²) >= 11 is 0. The van der Waals surface area contributed by atoms with E-state index in [9.17, 15) is 9.59 Å². The Balaban J connectivity index is 1.57. The minimum atomic E-state index is -0.489. The molecule has 0 saturated carbocycles. The van der Waals surface area contributed by atoms with Gasteiger partial charge in [0, 0.05) is 25.4 Å². The van der Waals surface area contributed by atoms with E-state index in [2.05, 4.69) is 5.10 Å². The Labute approximate surface area is 141 Å². The summed E-state index contributed by atoms with van der Waals surface area (Å²) in [6.45, 7) is 3.23. The number of amides is 1. The number of likely N-dealkylation sites (tertiary alicyclic amines) is 1. The van der Waals surface area contributed by atoms with Crippen LogP contribution in [0, 0.1) is 6.92 Å². The zero-order valence-electron chi connectivity index (χ0n) is 13.7. The van der Waals surface area contributed by atoms with Gasteiger partial charge in [0.15, 0.2) is 0 Å². The van der Waals surface area contributed by atoms with Gasteiger partial charge in [-0.1, -0.05) is 29.8 Å². The highest BCUT2D eigenvalue weighted by molar-refractivity contribution is 5.88. The van der Waals surface area contributed by atoms with Crippen LogP contribution in [0.3, 0.4) is 0 Å². The van der Waals surface area contributed by atoms with Crippen LogP contribution in [0.2, 0.25) is 0 Å². The molecule has 1 aromatic heterocycles. The maximum absolute atomic E-state index is 12.3. The van der Waals surface area contributed by atoms with E-state index in [0.29, 0.717) is 25.9 Å². The number of nitrogens with zero attached hydrogens (tertiary/aromatic N) is 3. The van der Waals surface area contributed by atoms with Crippen LogP contribution in [0.5, 0.6) is 0 Å². The van der Waals surface area contributed by atoms with Gasteiger partial charge in [-0.05, 0) is 25.0 Å². The highest BCUT2D eigenvalue weighted by Crippen LogP contribution is 2.22. The van der Waals surface area contributed by atoms with Gasteiger partial charge in [-0.3, -0.25) is 9.48 Å². The van der Waals surface area contributed by atoms with Crippen LogP contribution in [0.15, 0.2) is 42.7 Å². The molecule has 1 aliphatic rings. The molecule has 1 unspecified atom stereocenters. The lowest BCUT2D eigenvalue weighted by molar-refractivity contribution is -0.152. The van der Waals surface area contributed by atoms with Gasteiger partial charge >= 0.3 is 5.97 Å². The van der Waals surface area contributed by atoms with Gasteiger partial charge in [-0.15, -0.1) is 0 Å². The summed E-state index contributed by atoms with van der Waals surface area (Å²) in [5, 5.41) is 4.06. The maximum Gasteiger partial charge on any atom is 0.328 e. The average molecular weight is 327 g/mol. The second-order valence-electron chi connectivity index (χ2n) is 6.00. The molecule has 24 heavy (non-hydrogen) atoms. The van der Waals surface area contributed by atoms with E-state index in [1.54, 1.807) is 15.8 Å². The van der Waals surface area contributed by atoms with Crippen LogP contribution in [-0.4, -0.2) is 39.2 Å². The molecule has 126 valence electrons. The van der Waals surface area contributed by atoms with Crippen LogP contribution in [-0.2, 0) is 27.4 Å². The Bertz CT molecular complexity index is 695. The smallest absolute Gasteiger partial charge is 0.328 e. The van der Waals surface area contributed by atoms with Crippen molar-refractivity contribution >= 4 is 11.9 Å². The van der Waals surface area contributed by atoms with Gasteiger partial charge in [0.05, 0.1) is 6.54 Å². The Morgan fingerprint density at radius 1 is 1.33 bits per heavy atom. The molecule has 1 atom stereocenters. The number of aryl methyl sites for hydroxylation is 1. The van der Waals surface area contributed by atoms with E-state index < -0.39 is 6.04 Å². The number of hydrogen-bond acceptors (Lipinski definition) is 4. The first kappa shape index (κ1) is 16.2. The molecule has 0 N–H and O–H groups in total. The normalized spacial score (nSPS) is 17.3. The molecular formula is C18H21N3O3. The lowest BCUT2D eigenvalue weighted by Gasteiger charge is -2.23. The summed E-state index contributed by atoms with van der Waals surface area (Å²) in [6.07, 6.45) is 4.41. The highest BCUT2D eigenvalue weighted by Gasteiger charge is 2.36. The molecule has 1 saturated heterocycles. The van der Waals surface area contributed by atoms with Crippen LogP contribution in [0.25, 0.3) is 0 Å². The highest BCUT2D eigenvalue weighted by atomic mass is 16.5. The third-order valence-corrected chi connectivity index (χ3v) is 4.20. The molecule has 2 aromatic rings. The second-order valence-corrected chi connectivity index (χ2v) is 6.00. The molecule has 3 rings (SSSR count). The number of aromatic nitrogens is 2. The predicted octanol–water partition coefficient (Wildman–Crippen LogP) is 1.93. The summed E-state index contributed by atoms with van der Waals surface area (Å²) in [6, 6.07) is 9.32. The number of benzene rings is 1. The number of hydrogen-bond donors (Lipinski definition) is 0. The molecule has 6 nitrogen and oxygen atoms in total. The number of ether oxygens (including phenoxy) is 1. The standard InChI is InChI=1S/C18H21N3O3/c1-14-3-5-15(6-4-14)13-21-16(7-8-17(21)22)18(23)24-12-11-20-10-2-9-19-20/h2-6,9-10,16H,7-8,11-13H2,1H3. The molecule has 2 heterocycles. The first-order valence-corrected chi connectivity index (χ1v) is 8.12. The van der Waals surface area contributed by atoms with Crippen molar-refractivity contribution in [3.05, 3.63) is 53.9 Å². The van der Waals surface area contributed by atoms with Gasteiger partial charge in [0.25, 0.3) is 0 Å². The molecule has 0 spiro atoms. The predicted molar refractivity (Wildman–Crippen MR) is 87.9 cm³/mol. The fraction of sp³-hybridized carbons (Fsp3) is 0.389. The van der Waals surface area contributed by atoms with Crippen molar-refractivity contribution in [1.82, 2.24) is 14.7 Å². The Hall–Kier alpha value is -2.63. The zero-order valence-corrected chi connectivity index (χ0v) is 13.7. The first-order valence-electron chi connectivity index (χ1n) is 8.12. The quantitative estimate of drug-likeness (QED) is 0.761. The molecule has 1 aromatic carbocycles. The molecule has 1 fully saturated rings. The molecule has 1 aliphatic heterocycles. The van der Waals surface area contributed by atoms with Crippen molar-refractivity contribution in [3.8, 4) is 0 Å². The van der Waals surface area contributed by atoms with E-state index in [1.165, 1.54) is 5.56 Å². The summed E-state index contributed by atoms with van der Waals surface area (Å²) in [4.78, 5) is 26.1. The fourth-order valence-corrected chi connectivity index (χ4v) is 2.84. The van der Waals surface area contributed by atoms with Crippen LogP contribution >= 0.6 is 0 Å². The van der Waals surface area contributed by atoms with Crippen LogP contribution in [0.4, 0.5) is 0 Å². The third-order valence-electron chi connectivity index (χ3n) is 4.20.